The monoisotopic (exact) mass is 318 g/mol. The van der Waals surface area contributed by atoms with Crippen LogP contribution in [0, 0.1) is 24.9 Å². The number of aromatic nitrogens is 2. The summed E-state index contributed by atoms with van der Waals surface area (Å²) in [5.74, 6) is -2.71. The molecule has 0 aliphatic carbocycles. The first-order chi connectivity index (χ1) is 10.4. The Balaban J connectivity index is 2.30. The lowest BCUT2D eigenvalue weighted by molar-refractivity contribution is -0.793. The van der Waals surface area contributed by atoms with Crippen LogP contribution in [0.3, 0.4) is 0 Å². The lowest BCUT2D eigenvalue weighted by Crippen LogP contribution is -2.42. The number of H-pyrrole nitrogens is 1. The second kappa shape index (κ2) is 4.73. The molecule has 1 aromatic heterocycles. The molecule has 0 unspecified atom stereocenters. The Morgan fingerprint density at radius 3 is 2.32 bits per heavy atom. The molecule has 0 saturated heterocycles. The molecule has 110 valence electrons. The van der Waals surface area contributed by atoms with E-state index in [4.69, 9.17) is 12.2 Å². The van der Waals surface area contributed by atoms with Gasteiger partial charge < -0.3 is 4.98 Å². The van der Waals surface area contributed by atoms with E-state index in [2.05, 4.69) is 20.0 Å². The van der Waals surface area contributed by atoms with E-state index in [0.717, 1.165) is 0 Å². The molecule has 1 aliphatic heterocycles. The minimum absolute atomic E-state index is 0.0954. The van der Waals surface area contributed by atoms with E-state index in [0.29, 0.717) is 11.4 Å². The molecule has 3 rings (SSSR count). The maximum atomic E-state index is 11.0. The highest BCUT2D eigenvalue weighted by Crippen LogP contribution is 2.16. The molecule has 2 heterocycles. The maximum Gasteiger partial charge on any atom is 0.676 e. The number of rotatable bonds is 3. The van der Waals surface area contributed by atoms with E-state index in [1.54, 1.807) is 30.3 Å². The third kappa shape index (κ3) is 1.95. The van der Waals surface area contributed by atoms with Crippen LogP contribution < -0.4 is 10.8 Å². The summed E-state index contributed by atoms with van der Waals surface area (Å²) >= 11 is 5.01. The molecule has 11 heteroatoms. The predicted octanol–water partition coefficient (Wildman–Crippen LogP) is 0.224. The summed E-state index contributed by atoms with van der Waals surface area (Å²) in [4.78, 5) is 33.4. The topological polar surface area (TPSA) is 140 Å². The number of hydrogen-bond donors (Lipinski definition) is 1. The number of nitrogens with zero attached hydrogens (tertiary/aromatic N) is 5. The maximum absolute atomic E-state index is 11.0. The lowest BCUT2D eigenvalue weighted by Gasteiger charge is -2.01. The molecule has 0 saturated carbocycles. The molecule has 1 aliphatic rings. The molecule has 10 nitrogen and oxygen atoms in total. The minimum atomic E-state index is -3.01. The highest BCUT2D eigenvalue weighted by molar-refractivity contribution is 7.71. The van der Waals surface area contributed by atoms with E-state index in [-0.39, 0.29) is 15.5 Å². The van der Waals surface area contributed by atoms with Crippen molar-refractivity contribution in [2.75, 3.05) is 0 Å². The van der Waals surface area contributed by atoms with Gasteiger partial charge in [-0.2, -0.15) is 0 Å². The Morgan fingerprint density at radius 2 is 1.73 bits per heavy atom. The van der Waals surface area contributed by atoms with E-state index in [9.17, 15) is 20.2 Å². The van der Waals surface area contributed by atoms with Gasteiger partial charge in [-0.3, -0.25) is 20.2 Å². The van der Waals surface area contributed by atoms with E-state index < -0.39 is 15.8 Å². The summed E-state index contributed by atoms with van der Waals surface area (Å²) < 4.78 is -0.0954. The highest BCUT2D eigenvalue weighted by atomic mass is 32.1. The minimum Gasteiger partial charge on any atom is -0.322 e. The fourth-order valence-electron chi connectivity index (χ4n) is 1.92. The average molecular weight is 318 g/mol. The Labute approximate surface area is 126 Å². The first-order valence-corrected chi connectivity index (χ1v) is 6.29. The van der Waals surface area contributed by atoms with Gasteiger partial charge >= 0.3 is 5.91 Å². The molecule has 0 radical (unpaired) electrons. The summed E-state index contributed by atoms with van der Waals surface area (Å²) in [6, 6.07) is 8.80. The van der Waals surface area contributed by atoms with Crippen LogP contribution in [0.2, 0.25) is 0 Å². The normalized spacial score (nSPS) is 14.5. The van der Waals surface area contributed by atoms with Crippen molar-refractivity contribution in [2.24, 2.45) is 9.98 Å². The van der Waals surface area contributed by atoms with Crippen LogP contribution in [0.25, 0.3) is 11.4 Å². The molecular weight excluding hydrogens is 312 g/mol. The number of benzene rings is 1. The Hall–Kier alpha value is -3.08. The summed E-state index contributed by atoms with van der Waals surface area (Å²) in [6.07, 6.45) is 0. The zero-order valence-electron chi connectivity index (χ0n) is 10.7. The van der Waals surface area contributed by atoms with Gasteiger partial charge in [-0.05, 0) is 0 Å². The molecule has 0 bridgehead atoms. The van der Waals surface area contributed by atoms with Gasteiger partial charge in [0.2, 0.25) is 0 Å². The summed E-state index contributed by atoms with van der Waals surface area (Å²) in [6.45, 7) is 0. The van der Waals surface area contributed by atoms with Crippen molar-refractivity contribution >= 4 is 12.2 Å². The molecule has 1 aromatic carbocycles. The molecule has 0 amide bonds. The molecular formula is C11H6N6O4S. The number of nitrogens with one attached hydrogen (secondary N) is 1. The van der Waals surface area contributed by atoms with Gasteiger partial charge in [0, 0.05) is 5.56 Å². The van der Waals surface area contributed by atoms with Gasteiger partial charge in [0.05, 0.1) is 0 Å². The summed E-state index contributed by atoms with van der Waals surface area (Å²) in [5.41, 5.74) is 0.526. The fraction of sp³-hybridized carbons (Fsp3) is 0.0909. The van der Waals surface area contributed by atoms with Gasteiger partial charge in [-0.15, -0.1) is 4.99 Å². The van der Waals surface area contributed by atoms with Gasteiger partial charge in [-0.25, -0.2) is 4.98 Å². The standard InChI is InChI=1S/C11H6N6O4S/c18-16(19)11(17(20)21)14-7-9(15-11)12-8(13-10(7)22)6-4-2-1-3-5-6/h1-5H,(H,12,13,15,22). The van der Waals surface area contributed by atoms with Crippen molar-refractivity contribution < 1.29 is 9.85 Å². The quantitative estimate of drug-likeness (QED) is 0.371. The van der Waals surface area contributed by atoms with Crippen molar-refractivity contribution in [2.45, 2.75) is 5.91 Å². The second-order valence-corrected chi connectivity index (χ2v) is 4.68. The van der Waals surface area contributed by atoms with Crippen LogP contribution in [0.5, 0.6) is 0 Å². The number of aromatic amines is 1. The van der Waals surface area contributed by atoms with Crippen molar-refractivity contribution in [3.63, 3.8) is 0 Å². The predicted molar refractivity (Wildman–Crippen MR) is 73.9 cm³/mol. The number of nitro groups is 2. The van der Waals surface area contributed by atoms with Gasteiger partial charge in [0.15, 0.2) is 15.5 Å². The molecule has 2 aromatic rings. The van der Waals surface area contributed by atoms with Gasteiger partial charge in [0.1, 0.15) is 15.7 Å². The van der Waals surface area contributed by atoms with Crippen LogP contribution >= 0.6 is 12.2 Å². The molecule has 1 N–H and O–H groups in total. The van der Waals surface area contributed by atoms with Crippen LogP contribution in [0.1, 0.15) is 0 Å². The summed E-state index contributed by atoms with van der Waals surface area (Å²) in [7, 11) is 0. The van der Waals surface area contributed by atoms with Crippen LogP contribution in [-0.2, 0) is 0 Å². The number of fused-ring (bicyclic) bond motifs is 1. The van der Waals surface area contributed by atoms with Crippen molar-refractivity contribution in [1.82, 2.24) is 9.97 Å². The zero-order chi connectivity index (χ0) is 15.9. The van der Waals surface area contributed by atoms with Gasteiger partial charge in [-0.1, -0.05) is 47.5 Å². The third-order valence-corrected chi connectivity index (χ3v) is 3.22. The highest BCUT2D eigenvalue weighted by Gasteiger charge is 2.60. The SMILES string of the molecule is O=[N+]([O-])C1([N+](=O)[O-])N=c2[nH]c(-c3ccccc3)nc(=S)c2=N1. The van der Waals surface area contributed by atoms with E-state index in [1.807, 2.05) is 0 Å². The van der Waals surface area contributed by atoms with Crippen LogP contribution in [0.15, 0.2) is 40.3 Å². The molecule has 0 fully saturated rings. The van der Waals surface area contributed by atoms with Crippen molar-refractivity contribution in [3.05, 3.63) is 66.0 Å². The lowest BCUT2D eigenvalue weighted by atomic mass is 10.2. The second-order valence-electron chi connectivity index (χ2n) is 4.29. The average Bonchev–Trinajstić information content (AvgIpc) is 2.90. The Morgan fingerprint density at radius 1 is 1.09 bits per heavy atom. The van der Waals surface area contributed by atoms with Crippen molar-refractivity contribution in [3.8, 4) is 11.4 Å². The van der Waals surface area contributed by atoms with Crippen molar-refractivity contribution in [1.29, 1.82) is 0 Å². The molecule has 0 atom stereocenters. The van der Waals surface area contributed by atoms with E-state index >= 15 is 0 Å². The zero-order valence-corrected chi connectivity index (χ0v) is 11.5. The Bertz CT molecular complexity index is 956. The molecule has 22 heavy (non-hydrogen) atoms. The van der Waals surface area contributed by atoms with Gasteiger partial charge in [0.25, 0.3) is 0 Å². The van der Waals surface area contributed by atoms with E-state index in [1.165, 1.54) is 0 Å². The largest absolute Gasteiger partial charge is 0.676 e. The third-order valence-electron chi connectivity index (χ3n) is 2.94. The Kier molecular flexibility index (Phi) is 2.99. The first-order valence-electron chi connectivity index (χ1n) is 5.88. The van der Waals surface area contributed by atoms with Crippen LogP contribution in [0.4, 0.5) is 0 Å². The number of hydrogen-bond acceptors (Lipinski definition) is 8. The molecule has 0 spiro atoms. The first kappa shape index (κ1) is 13.9. The smallest absolute Gasteiger partial charge is 0.322 e. The fourth-order valence-corrected chi connectivity index (χ4v) is 2.16. The van der Waals surface area contributed by atoms with Crippen LogP contribution in [-0.4, -0.2) is 25.7 Å². The summed E-state index contributed by atoms with van der Waals surface area (Å²) in [5, 5.41) is 21.9.